The molecule has 0 aliphatic carbocycles. The van der Waals surface area contributed by atoms with E-state index in [1.807, 2.05) is 0 Å². The van der Waals surface area contributed by atoms with E-state index in [0.717, 1.165) is 5.56 Å². The number of aromatic nitrogens is 4. The number of aryl methyl sites for hydroxylation is 1. The standard InChI is InChI=1S/C7H8N4OS/c1-11-3-5(2-8-11)7(12)6-4-13-10-9-6/h2-4,7,12H,1H3. The summed E-state index contributed by atoms with van der Waals surface area (Å²) < 4.78 is 5.32. The molecule has 13 heavy (non-hydrogen) atoms. The van der Waals surface area contributed by atoms with Crippen molar-refractivity contribution in [3.63, 3.8) is 0 Å². The molecular weight excluding hydrogens is 188 g/mol. The monoisotopic (exact) mass is 196 g/mol. The highest BCUT2D eigenvalue weighted by Crippen LogP contribution is 2.19. The number of aliphatic hydroxyl groups excluding tert-OH is 1. The van der Waals surface area contributed by atoms with Crippen LogP contribution in [0, 0.1) is 0 Å². The SMILES string of the molecule is Cn1cc(C(O)c2csnn2)cn1. The van der Waals surface area contributed by atoms with E-state index < -0.39 is 6.10 Å². The van der Waals surface area contributed by atoms with Crippen LogP contribution in [-0.4, -0.2) is 24.5 Å². The van der Waals surface area contributed by atoms with Gasteiger partial charge in [0, 0.05) is 24.2 Å². The first-order valence-corrected chi connectivity index (χ1v) is 4.54. The van der Waals surface area contributed by atoms with Gasteiger partial charge in [-0.15, -0.1) is 5.10 Å². The minimum Gasteiger partial charge on any atom is -0.382 e. The zero-order valence-corrected chi connectivity index (χ0v) is 7.77. The maximum Gasteiger partial charge on any atom is 0.127 e. The molecule has 0 fully saturated rings. The molecule has 2 rings (SSSR count). The van der Waals surface area contributed by atoms with Crippen molar-refractivity contribution in [2.24, 2.45) is 7.05 Å². The quantitative estimate of drug-likeness (QED) is 0.753. The molecule has 0 amide bonds. The van der Waals surface area contributed by atoms with E-state index in [1.54, 1.807) is 29.5 Å². The Morgan fingerprint density at radius 2 is 2.46 bits per heavy atom. The van der Waals surface area contributed by atoms with Gasteiger partial charge in [-0.25, -0.2) is 0 Å². The minimum absolute atomic E-state index is 0.568. The lowest BCUT2D eigenvalue weighted by molar-refractivity contribution is 0.215. The zero-order chi connectivity index (χ0) is 9.26. The highest BCUT2D eigenvalue weighted by molar-refractivity contribution is 7.03. The summed E-state index contributed by atoms with van der Waals surface area (Å²) in [4.78, 5) is 0. The van der Waals surface area contributed by atoms with Crippen LogP contribution in [0.1, 0.15) is 17.4 Å². The van der Waals surface area contributed by atoms with E-state index in [1.165, 1.54) is 11.5 Å². The first-order valence-electron chi connectivity index (χ1n) is 3.71. The maximum atomic E-state index is 9.74. The Balaban J connectivity index is 2.28. The lowest BCUT2D eigenvalue weighted by Gasteiger charge is -2.01. The Labute approximate surface area is 78.8 Å². The number of nitrogens with zero attached hydrogens (tertiary/aromatic N) is 4. The minimum atomic E-state index is -0.715. The molecule has 2 aromatic heterocycles. The van der Waals surface area contributed by atoms with Crippen LogP contribution in [-0.2, 0) is 7.05 Å². The van der Waals surface area contributed by atoms with E-state index in [-0.39, 0.29) is 0 Å². The summed E-state index contributed by atoms with van der Waals surface area (Å²) in [6.07, 6.45) is 2.65. The lowest BCUT2D eigenvalue weighted by atomic mass is 10.2. The lowest BCUT2D eigenvalue weighted by Crippen LogP contribution is -1.98. The van der Waals surface area contributed by atoms with E-state index >= 15 is 0 Å². The summed E-state index contributed by atoms with van der Waals surface area (Å²) in [5.74, 6) is 0. The number of aliphatic hydroxyl groups is 1. The average Bonchev–Trinajstić information content (AvgIpc) is 2.72. The van der Waals surface area contributed by atoms with Crippen molar-refractivity contribution < 1.29 is 5.11 Å². The molecule has 68 valence electrons. The third-order valence-electron chi connectivity index (χ3n) is 1.70. The largest absolute Gasteiger partial charge is 0.382 e. The summed E-state index contributed by atoms with van der Waals surface area (Å²) in [5.41, 5.74) is 1.30. The highest BCUT2D eigenvalue weighted by Gasteiger charge is 2.14. The predicted molar refractivity (Wildman–Crippen MR) is 47.2 cm³/mol. The van der Waals surface area contributed by atoms with Crippen molar-refractivity contribution in [3.8, 4) is 0 Å². The summed E-state index contributed by atoms with van der Waals surface area (Å²) in [6.45, 7) is 0. The maximum absolute atomic E-state index is 9.74. The van der Waals surface area contributed by atoms with Crippen LogP contribution in [0.2, 0.25) is 0 Å². The van der Waals surface area contributed by atoms with Gasteiger partial charge < -0.3 is 5.11 Å². The Kier molecular flexibility index (Phi) is 2.07. The molecule has 0 aliphatic rings. The second-order valence-electron chi connectivity index (χ2n) is 2.68. The molecule has 5 nitrogen and oxygen atoms in total. The fourth-order valence-corrected chi connectivity index (χ4v) is 1.52. The fraction of sp³-hybridized carbons (Fsp3) is 0.286. The van der Waals surface area contributed by atoms with Gasteiger partial charge in [-0.1, -0.05) is 4.49 Å². The Morgan fingerprint density at radius 1 is 1.62 bits per heavy atom. The highest BCUT2D eigenvalue weighted by atomic mass is 32.1. The van der Waals surface area contributed by atoms with Gasteiger partial charge in [-0.3, -0.25) is 4.68 Å². The Bertz CT molecular complexity index is 383. The fourth-order valence-electron chi connectivity index (χ4n) is 1.04. The van der Waals surface area contributed by atoms with Crippen LogP contribution >= 0.6 is 11.5 Å². The Hall–Kier alpha value is -1.27. The zero-order valence-electron chi connectivity index (χ0n) is 6.95. The van der Waals surface area contributed by atoms with E-state index in [0.29, 0.717) is 5.69 Å². The molecule has 2 heterocycles. The number of hydrogen-bond acceptors (Lipinski definition) is 5. The second-order valence-corrected chi connectivity index (χ2v) is 3.29. The molecule has 1 atom stereocenters. The average molecular weight is 196 g/mol. The number of hydrogen-bond donors (Lipinski definition) is 1. The third kappa shape index (κ3) is 1.58. The molecule has 2 aromatic rings. The predicted octanol–water partition coefficient (Wildman–Crippen LogP) is 0.353. The summed E-state index contributed by atoms with van der Waals surface area (Å²) in [7, 11) is 1.80. The molecule has 0 bridgehead atoms. The van der Waals surface area contributed by atoms with Gasteiger partial charge in [0.25, 0.3) is 0 Å². The summed E-state index contributed by atoms with van der Waals surface area (Å²) in [5, 5.41) is 19.2. The van der Waals surface area contributed by atoms with Crippen molar-refractivity contribution in [1.29, 1.82) is 0 Å². The molecule has 0 saturated carbocycles. The van der Waals surface area contributed by atoms with Gasteiger partial charge in [-0.05, 0) is 11.5 Å². The van der Waals surface area contributed by atoms with Gasteiger partial charge in [-0.2, -0.15) is 5.10 Å². The van der Waals surface area contributed by atoms with Crippen LogP contribution in [0.4, 0.5) is 0 Å². The van der Waals surface area contributed by atoms with Gasteiger partial charge in [0.1, 0.15) is 11.8 Å². The van der Waals surface area contributed by atoms with Crippen molar-refractivity contribution in [3.05, 3.63) is 29.0 Å². The van der Waals surface area contributed by atoms with Crippen LogP contribution in [0.3, 0.4) is 0 Å². The van der Waals surface area contributed by atoms with Crippen molar-refractivity contribution >= 4 is 11.5 Å². The molecule has 0 saturated heterocycles. The van der Waals surface area contributed by atoms with Crippen LogP contribution < -0.4 is 0 Å². The van der Waals surface area contributed by atoms with Gasteiger partial charge >= 0.3 is 0 Å². The van der Waals surface area contributed by atoms with Crippen molar-refractivity contribution in [1.82, 2.24) is 19.4 Å². The number of rotatable bonds is 2. The smallest absolute Gasteiger partial charge is 0.127 e. The van der Waals surface area contributed by atoms with Gasteiger partial charge in [0.05, 0.1) is 6.20 Å². The molecule has 6 heteroatoms. The van der Waals surface area contributed by atoms with Crippen LogP contribution in [0.5, 0.6) is 0 Å². The van der Waals surface area contributed by atoms with Crippen LogP contribution in [0.15, 0.2) is 17.8 Å². The third-order valence-corrected chi connectivity index (χ3v) is 2.22. The van der Waals surface area contributed by atoms with E-state index in [4.69, 9.17) is 0 Å². The van der Waals surface area contributed by atoms with E-state index in [9.17, 15) is 5.11 Å². The molecule has 0 spiro atoms. The molecule has 1 unspecified atom stereocenters. The first kappa shape index (κ1) is 8.33. The summed E-state index contributed by atoms with van der Waals surface area (Å²) in [6, 6.07) is 0. The van der Waals surface area contributed by atoms with Crippen molar-refractivity contribution in [2.45, 2.75) is 6.10 Å². The van der Waals surface area contributed by atoms with E-state index in [2.05, 4.69) is 14.7 Å². The van der Waals surface area contributed by atoms with Crippen molar-refractivity contribution in [2.75, 3.05) is 0 Å². The molecular formula is C7H8N4OS. The second kappa shape index (κ2) is 3.23. The van der Waals surface area contributed by atoms with Gasteiger partial charge in [0.15, 0.2) is 0 Å². The molecule has 0 radical (unpaired) electrons. The first-order chi connectivity index (χ1) is 6.27. The Morgan fingerprint density at radius 3 is 3.00 bits per heavy atom. The summed E-state index contributed by atoms with van der Waals surface area (Å²) >= 11 is 1.22. The molecule has 0 aliphatic heterocycles. The van der Waals surface area contributed by atoms with Gasteiger partial charge in [0.2, 0.25) is 0 Å². The van der Waals surface area contributed by atoms with Crippen LogP contribution in [0.25, 0.3) is 0 Å². The molecule has 1 N–H and O–H groups in total. The topological polar surface area (TPSA) is 63.8 Å². The normalized spacial score (nSPS) is 13.1. The molecule has 0 aromatic carbocycles.